The van der Waals surface area contributed by atoms with E-state index in [4.69, 9.17) is 5.11 Å². The fraction of sp³-hybridized carbons (Fsp3) is 0.632. The third-order valence-corrected chi connectivity index (χ3v) is 5.51. The Labute approximate surface area is 148 Å². The van der Waals surface area contributed by atoms with Crippen LogP contribution in [0.1, 0.15) is 30.9 Å². The van der Waals surface area contributed by atoms with Crippen LogP contribution in [0.25, 0.3) is 0 Å². The van der Waals surface area contributed by atoms with Gasteiger partial charge in [-0.1, -0.05) is 31.2 Å². The van der Waals surface area contributed by atoms with Gasteiger partial charge in [0.1, 0.15) is 0 Å². The Kier molecular flexibility index (Phi) is 5.59. The van der Waals surface area contributed by atoms with Gasteiger partial charge in [0.15, 0.2) is 5.67 Å². The number of hydrogen-bond acceptors (Lipinski definition) is 3. The van der Waals surface area contributed by atoms with E-state index in [2.05, 4.69) is 41.4 Å². The number of aliphatic hydroxyl groups excluding tert-OH is 1. The standard InChI is InChI=1S/C19H28FN3O2/c1-2-17(22-9-7-15-5-3-4-6-16(15)12-22)11-21-18(25)23-10-8-19(20,13-23)14-24/h3-6,17,24H,2,7-14H2,1H3,(H,21,25)/t17-,19+/m1/s1. The van der Waals surface area contributed by atoms with Gasteiger partial charge in [0.05, 0.1) is 13.2 Å². The number of carbonyl (C=O) groups excluding carboxylic acids is 1. The van der Waals surface area contributed by atoms with Gasteiger partial charge in [-0.15, -0.1) is 0 Å². The zero-order valence-corrected chi connectivity index (χ0v) is 14.9. The number of rotatable bonds is 5. The fourth-order valence-corrected chi connectivity index (χ4v) is 3.82. The lowest BCUT2D eigenvalue weighted by atomic mass is 9.98. The third kappa shape index (κ3) is 4.12. The molecule has 0 unspecified atom stereocenters. The molecule has 1 fully saturated rings. The molecule has 25 heavy (non-hydrogen) atoms. The van der Waals surface area contributed by atoms with E-state index in [0.29, 0.717) is 13.1 Å². The van der Waals surface area contributed by atoms with E-state index < -0.39 is 12.3 Å². The molecule has 1 saturated heterocycles. The van der Waals surface area contributed by atoms with Crippen molar-refractivity contribution in [1.29, 1.82) is 0 Å². The quantitative estimate of drug-likeness (QED) is 0.854. The lowest BCUT2D eigenvalue weighted by Crippen LogP contribution is -2.49. The van der Waals surface area contributed by atoms with Gasteiger partial charge < -0.3 is 15.3 Å². The molecule has 2 aliphatic rings. The SMILES string of the molecule is CC[C@H](CNC(=O)N1CC[C@@](F)(CO)C1)N1CCc2ccccc2C1. The molecule has 0 bridgehead atoms. The first kappa shape index (κ1) is 18.1. The zero-order chi connectivity index (χ0) is 17.9. The van der Waals surface area contributed by atoms with E-state index in [0.717, 1.165) is 25.9 Å². The van der Waals surface area contributed by atoms with Crippen LogP contribution in [-0.2, 0) is 13.0 Å². The summed E-state index contributed by atoms with van der Waals surface area (Å²) in [6, 6.07) is 8.55. The summed E-state index contributed by atoms with van der Waals surface area (Å²) >= 11 is 0. The van der Waals surface area contributed by atoms with Crippen LogP contribution in [-0.4, -0.2) is 65.4 Å². The van der Waals surface area contributed by atoms with Crippen molar-refractivity contribution < 1.29 is 14.3 Å². The average Bonchev–Trinajstić information content (AvgIpc) is 3.05. The van der Waals surface area contributed by atoms with Crippen molar-refractivity contribution in [2.45, 2.75) is 44.4 Å². The van der Waals surface area contributed by atoms with Gasteiger partial charge in [0, 0.05) is 38.6 Å². The molecule has 138 valence electrons. The number of hydrogen-bond donors (Lipinski definition) is 2. The van der Waals surface area contributed by atoms with Crippen molar-refractivity contribution in [1.82, 2.24) is 15.1 Å². The summed E-state index contributed by atoms with van der Waals surface area (Å²) in [4.78, 5) is 16.2. The molecule has 2 aliphatic heterocycles. The molecule has 0 radical (unpaired) electrons. The topological polar surface area (TPSA) is 55.8 Å². The van der Waals surface area contributed by atoms with Crippen molar-refractivity contribution in [2.24, 2.45) is 0 Å². The van der Waals surface area contributed by atoms with Gasteiger partial charge in [-0.3, -0.25) is 4.90 Å². The van der Waals surface area contributed by atoms with Crippen molar-refractivity contribution in [3.8, 4) is 0 Å². The number of carbonyl (C=O) groups is 1. The van der Waals surface area contributed by atoms with Gasteiger partial charge in [-0.2, -0.15) is 0 Å². The second-order valence-electron chi connectivity index (χ2n) is 7.22. The molecule has 1 aromatic carbocycles. The Morgan fingerprint density at radius 3 is 2.80 bits per heavy atom. The number of amides is 2. The zero-order valence-electron chi connectivity index (χ0n) is 14.9. The molecule has 6 heteroatoms. The third-order valence-electron chi connectivity index (χ3n) is 5.51. The van der Waals surface area contributed by atoms with Crippen LogP contribution in [0.5, 0.6) is 0 Å². The minimum Gasteiger partial charge on any atom is -0.393 e. The fourth-order valence-electron chi connectivity index (χ4n) is 3.82. The number of benzene rings is 1. The van der Waals surface area contributed by atoms with Crippen molar-refractivity contribution in [3.05, 3.63) is 35.4 Å². The first-order chi connectivity index (χ1) is 12.0. The monoisotopic (exact) mass is 349 g/mol. The second kappa shape index (κ2) is 7.70. The molecule has 0 aromatic heterocycles. The maximum Gasteiger partial charge on any atom is 0.317 e. The van der Waals surface area contributed by atoms with Crippen LogP contribution in [0, 0.1) is 0 Å². The Morgan fingerprint density at radius 1 is 1.36 bits per heavy atom. The maximum absolute atomic E-state index is 14.1. The van der Waals surface area contributed by atoms with E-state index >= 15 is 0 Å². The number of nitrogens with zero attached hydrogens (tertiary/aromatic N) is 2. The van der Waals surface area contributed by atoms with Crippen molar-refractivity contribution in [3.63, 3.8) is 0 Å². The van der Waals surface area contributed by atoms with Crippen molar-refractivity contribution >= 4 is 6.03 Å². The molecule has 0 saturated carbocycles. The molecule has 0 spiro atoms. The summed E-state index contributed by atoms with van der Waals surface area (Å²) in [5.74, 6) is 0. The Bertz CT molecular complexity index is 612. The predicted octanol–water partition coefficient (Wildman–Crippen LogP) is 1.94. The summed E-state index contributed by atoms with van der Waals surface area (Å²) in [5.41, 5.74) is 1.14. The molecule has 0 aliphatic carbocycles. The highest BCUT2D eigenvalue weighted by atomic mass is 19.1. The van der Waals surface area contributed by atoms with Gasteiger partial charge >= 0.3 is 6.03 Å². The van der Waals surface area contributed by atoms with E-state index in [1.165, 1.54) is 16.0 Å². The first-order valence-electron chi connectivity index (χ1n) is 9.18. The molecular weight excluding hydrogens is 321 g/mol. The number of aliphatic hydroxyl groups is 1. The second-order valence-corrected chi connectivity index (χ2v) is 7.22. The minimum atomic E-state index is -1.64. The summed E-state index contributed by atoms with van der Waals surface area (Å²) in [5, 5.41) is 12.0. The number of halogens is 1. The molecule has 2 heterocycles. The number of urea groups is 1. The lowest BCUT2D eigenvalue weighted by Gasteiger charge is -2.35. The molecule has 3 rings (SSSR count). The highest BCUT2D eigenvalue weighted by molar-refractivity contribution is 5.74. The van der Waals surface area contributed by atoms with E-state index in [1.807, 2.05) is 0 Å². The first-order valence-corrected chi connectivity index (χ1v) is 9.18. The van der Waals surface area contributed by atoms with Gasteiger partial charge in [0.2, 0.25) is 0 Å². The highest BCUT2D eigenvalue weighted by Crippen LogP contribution is 2.25. The average molecular weight is 349 g/mol. The van der Waals surface area contributed by atoms with Crippen LogP contribution in [0.3, 0.4) is 0 Å². The van der Waals surface area contributed by atoms with Crippen LogP contribution in [0.4, 0.5) is 9.18 Å². The molecule has 2 N–H and O–H groups in total. The largest absolute Gasteiger partial charge is 0.393 e. The lowest BCUT2D eigenvalue weighted by molar-refractivity contribution is 0.0803. The summed E-state index contributed by atoms with van der Waals surface area (Å²) in [6.07, 6.45) is 2.19. The Hall–Kier alpha value is -1.66. The Balaban J connectivity index is 1.52. The van der Waals surface area contributed by atoms with Gasteiger partial charge in [-0.25, -0.2) is 9.18 Å². The molecule has 1 aromatic rings. The number of fused-ring (bicyclic) bond motifs is 1. The smallest absolute Gasteiger partial charge is 0.317 e. The van der Waals surface area contributed by atoms with Crippen LogP contribution < -0.4 is 5.32 Å². The van der Waals surface area contributed by atoms with Gasteiger partial charge in [-0.05, 0) is 24.0 Å². The van der Waals surface area contributed by atoms with E-state index in [-0.39, 0.29) is 25.0 Å². The predicted molar refractivity (Wildman–Crippen MR) is 95.1 cm³/mol. The summed E-state index contributed by atoms with van der Waals surface area (Å²) < 4.78 is 14.1. The van der Waals surface area contributed by atoms with Crippen LogP contribution >= 0.6 is 0 Å². The van der Waals surface area contributed by atoms with Crippen LogP contribution in [0.2, 0.25) is 0 Å². The molecule has 2 atom stereocenters. The number of likely N-dealkylation sites (tertiary alicyclic amines) is 1. The van der Waals surface area contributed by atoms with E-state index in [9.17, 15) is 9.18 Å². The maximum atomic E-state index is 14.1. The van der Waals surface area contributed by atoms with Crippen LogP contribution in [0.15, 0.2) is 24.3 Å². The van der Waals surface area contributed by atoms with Crippen molar-refractivity contribution in [2.75, 3.05) is 32.8 Å². The minimum absolute atomic E-state index is 0.0246. The molecule has 2 amide bonds. The highest BCUT2D eigenvalue weighted by Gasteiger charge is 2.39. The number of alkyl halides is 1. The molecular formula is C19H28FN3O2. The molecule has 5 nitrogen and oxygen atoms in total. The number of nitrogens with one attached hydrogen (secondary N) is 1. The normalized spacial score (nSPS) is 24.8. The van der Waals surface area contributed by atoms with E-state index in [1.54, 1.807) is 0 Å². The Morgan fingerprint density at radius 2 is 2.12 bits per heavy atom. The summed E-state index contributed by atoms with van der Waals surface area (Å²) in [6.45, 7) is 4.40. The van der Waals surface area contributed by atoms with Gasteiger partial charge in [0.25, 0.3) is 0 Å². The summed E-state index contributed by atoms with van der Waals surface area (Å²) in [7, 11) is 0.